The van der Waals surface area contributed by atoms with Gasteiger partial charge in [0.2, 0.25) is 0 Å². The first-order valence-corrected chi connectivity index (χ1v) is 8.13. The number of piperidine rings is 1. The maximum absolute atomic E-state index is 12.5. The second-order valence-electron chi connectivity index (χ2n) is 6.01. The molecule has 2 N–H and O–H groups in total. The van der Waals surface area contributed by atoms with E-state index in [0.717, 1.165) is 0 Å². The molecule has 2 aliphatic rings. The number of carbonyl (C=O) groups excluding carboxylic acids is 3. The predicted molar refractivity (Wildman–Crippen MR) is 86.8 cm³/mol. The van der Waals surface area contributed by atoms with Gasteiger partial charge >= 0.3 is 6.03 Å². The Bertz CT molecular complexity index is 686. The molecule has 0 bridgehead atoms. The molecular formula is C16H18ClN3O4. The van der Waals surface area contributed by atoms with Crippen LogP contribution in [0.15, 0.2) is 24.3 Å². The van der Waals surface area contributed by atoms with Crippen molar-refractivity contribution in [1.82, 2.24) is 15.5 Å². The van der Waals surface area contributed by atoms with Crippen molar-refractivity contribution in [2.24, 2.45) is 0 Å². The van der Waals surface area contributed by atoms with Crippen molar-refractivity contribution in [3.05, 3.63) is 29.3 Å². The molecule has 2 aliphatic heterocycles. The van der Waals surface area contributed by atoms with Gasteiger partial charge in [0.05, 0.1) is 5.02 Å². The molecule has 1 spiro atoms. The minimum atomic E-state index is -0.888. The number of urea groups is 1. The van der Waals surface area contributed by atoms with Crippen LogP contribution in [0, 0.1) is 0 Å². The largest absolute Gasteiger partial charge is 0.479 e. The zero-order chi connectivity index (χ0) is 17.3. The molecule has 2 saturated heterocycles. The molecule has 0 unspecified atom stereocenters. The fourth-order valence-electron chi connectivity index (χ4n) is 3.03. The number of nitrogens with zero attached hydrogens (tertiary/aromatic N) is 1. The molecule has 0 aliphatic carbocycles. The zero-order valence-corrected chi connectivity index (χ0v) is 13.9. The van der Waals surface area contributed by atoms with Gasteiger partial charge in [0, 0.05) is 13.1 Å². The van der Waals surface area contributed by atoms with E-state index in [4.69, 9.17) is 16.3 Å². The molecule has 0 radical (unpaired) electrons. The van der Waals surface area contributed by atoms with Crippen LogP contribution in [0.5, 0.6) is 5.75 Å². The molecule has 1 atom stereocenters. The molecule has 3 rings (SSSR count). The summed E-state index contributed by atoms with van der Waals surface area (Å²) in [6.45, 7) is 2.42. The minimum Gasteiger partial charge on any atom is -0.479 e. The molecule has 4 amide bonds. The van der Waals surface area contributed by atoms with E-state index in [1.165, 1.54) is 0 Å². The van der Waals surface area contributed by atoms with Gasteiger partial charge in [0.25, 0.3) is 11.8 Å². The first-order chi connectivity index (χ1) is 11.4. The van der Waals surface area contributed by atoms with Crippen LogP contribution in [0.4, 0.5) is 4.79 Å². The number of rotatable bonds is 3. The summed E-state index contributed by atoms with van der Waals surface area (Å²) in [4.78, 5) is 37.4. The van der Waals surface area contributed by atoms with E-state index in [1.807, 2.05) is 0 Å². The van der Waals surface area contributed by atoms with Gasteiger partial charge in [-0.05, 0) is 31.9 Å². The molecule has 0 saturated carbocycles. The Morgan fingerprint density at radius 2 is 1.96 bits per heavy atom. The first-order valence-electron chi connectivity index (χ1n) is 7.75. The fourth-order valence-corrected chi connectivity index (χ4v) is 3.21. The number of imide groups is 1. The summed E-state index contributed by atoms with van der Waals surface area (Å²) in [5.41, 5.74) is -0.888. The highest BCUT2D eigenvalue weighted by Gasteiger charge is 2.48. The standard InChI is InChI=1S/C16H18ClN3O4/c1-10(24-12-5-3-2-4-11(12)17)13(21)20-8-6-16(7-9-20)14(22)18-15(23)19-16/h2-5,10H,6-9H2,1H3,(H2,18,19,22,23)/t10-/m1/s1. The lowest BCUT2D eigenvalue weighted by Gasteiger charge is -2.37. The topological polar surface area (TPSA) is 87.7 Å². The Morgan fingerprint density at radius 3 is 2.54 bits per heavy atom. The van der Waals surface area contributed by atoms with Crippen molar-refractivity contribution < 1.29 is 19.1 Å². The number of benzene rings is 1. The predicted octanol–water partition coefficient (Wildman–Crippen LogP) is 1.31. The number of amides is 4. The summed E-state index contributed by atoms with van der Waals surface area (Å²) >= 11 is 6.04. The van der Waals surface area contributed by atoms with Crippen molar-refractivity contribution in [3.8, 4) is 5.75 Å². The molecular weight excluding hydrogens is 334 g/mol. The number of para-hydroxylation sites is 1. The summed E-state index contributed by atoms with van der Waals surface area (Å²) in [7, 11) is 0. The second kappa shape index (κ2) is 6.32. The van der Waals surface area contributed by atoms with E-state index in [0.29, 0.717) is 36.7 Å². The number of hydrogen-bond donors (Lipinski definition) is 2. The average molecular weight is 352 g/mol. The van der Waals surface area contributed by atoms with E-state index in [1.54, 1.807) is 36.1 Å². The van der Waals surface area contributed by atoms with Crippen LogP contribution in [0.1, 0.15) is 19.8 Å². The summed E-state index contributed by atoms with van der Waals surface area (Å²) < 4.78 is 5.64. The third-order valence-corrected chi connectivity index (χ3v) is 4.74. The van der Waals surface area contributed by atoms with Crippen LogP contribution in [0.2, 0.25) is 5.02 Å². The van der Waals surface area contributed by atoms with E-state index < -0.39 is 17.7 Å². The lowest BCUT2D eigenvalue weighted by Crippen LogP contribution is -2.57. The number of hydrogen-bond acceptors (Lipinski definition) is 4. The van der Waals surface area contributed by atoms with Crippen LogP contribution in [-0.2, 0) is 9.59 Å². The van der Waals surface area contributed by atoms with Gasteiger partial charge in [-0.25, -0.2) is 4.79 Å². The van der Waals surface area contributed by atoms with Gasteiger partial charge in [-0.3, -0.25) is 14.9 Å². The number of halogens is 1. The van der Waals surface area contributed by atoms with E-state index in [-0.39, 0.29) is 11.8 Å². The molecule has 0 aromatic heterocycles. The monoisotopic (exact) mass is 351 g/mol. The second-order valence-corrected chi connectivity index (χ2v) is 6.41. The van der Waals surface area contributed by atoms with Crippen molar-refractivity contribution in [1.29, 1.82) is 0 Å². The number of likely N-dealkylation sites (tertiary alicyclic amines) is 1. The van der Waals surface area contributed by atoms with Crippen LogP contribution >= 0.6 is 11.6 Å². The van der Waals surface area contributed by atoms with Crippen LogP contribution < -0.4 is 15.4 Å². The zero-order valence-electron chi connectivity index (χ0n) is 13.2. The van der Waals surface area contributed by atoms with Crippen molar-refractivity contribution in [2.45, 2.75) is 31.4 Å². The van der Waals surface area contributed by atoms with E-state index >= 15 is 0 Å². The third-order valence-electron chi connectivity index (χ3n) is 4.43. The lowest BCUT2D eigenvalue weighted by molar-refractivity contribution is -0.141. The number of nitrogens with one attached hydrogen (secondary N) is 2. The van der Waals surface area contributed by atoms with E-state index in [9.17, 15) is 14.4 Å². The van der Waals surface area contributed by atoms with Crippen molar-refractivity contribution in [2.75, 3.05) is 13.1 Å². The van der Waals surface area contributed by atoms with Crippen LogP contribution in [0.3, 0.4) is 0 Å². The number of carbonyl (C=O) groups is 3. The minimum absolute atomic E-state index is 0.172. The summed E-state index contributed by atoms with van der Waals surface area (Å²) in [6.07, 6.45) is 0.0792. The molecule has 128 valence electrons. The SMILES string of the molecule is C[C@@H](Oc1ccccc1Cl)C(=O)N1CCC2(CC1)NC(=O)NC2=O. The van der Waals surface area contributed by atoms with Gasteiger partial charge < -0.3 is 15.0 Å². The number of ether oxygens (including phenoxy) is 1. The summed E-state index contributed by atoms with van der Waals surface area (Å²) in [5, 5.41) is 5.36. The summed E-state index contributed by atoms with van der Waals surface area (Å²) in [6, 6.07) is 6.49. The van der Waals surface area contributed by atoms with Crippen LogP contribution in [0.25, 0.3) is 0 Å². The fraction of sp³-hybridized carbons (Fsp3) is 0.438. The highest BCUT2D eigenvalue weighted by Crippen LogP contribution is 2.27. The van der Waals surface area contributed by atoms with Crippen molar-refractivity contribution in [3.63, 3.8) is 0 Å². The molecule has 8 heteroatoms. The van der Waals surface area contributed by atoms with Crippen LogP contribution in [-0.4, -0.2) is 47.5 Å². The Balaban J connectivity index is 1.60. The van der Waals surface area contributed by atoms with Gasteiger partial charge in [-0.1, -0.05) is 23.7 Å². The molecule has 1 aromatic carbocycles. The highest BCUT2D eigenvalue weighted by molar-refractivity contribution is 6.32. The highest BCUT2D eigenvalue weighted by atomic mass is 35.5. The van der Waals surface area contributed by atoms with Crippen molar-refractivity contribution >= 4 is 29.4 Å². The van der Waals surface area contributed by atoms with Gasteiger partial charge in [0.15, 0.2) is 6.10 Å². The maximum atomic E-state index is 12.5. The van der Waals surface area contributed by atoms with E-state index in [2.05, 4.69) is 10.6 Å². The molecule has 7 nitrogen and oxygen atoms in total. The average Bonchev–Trinajstić information content (AvgIpc) is 2.83. The molecule has 2 fully saturated rings. The quantitative estimate of drug-likeness (QED) is 0.804. The Kier molecular flexibility index (Phi) is 4.36. The Labute approximate surface area is 144 Å². The molecule has 1 aromatic rings. The smallest absolute Gasteiger partial charge is 0.322 e. The normalized spacial score (nSPS) is 20.5. The molecule has 24 heavy (non-hydrogen) atoms. The molecule has 2 heterocycles. The third kappa shape index (κ3) is 3.03. The first kappa shape index (κ1) is 16.6. The van der Waals surface area contributed by atoms with Gasteiger partial charge in [-0.15, -0.1) is 0 Å². The van der Waals surface area contributed by atoms with Gasteiger partial charge in [-0.2, -0.15) is 0 Å². The summed E-state index contributed by atoms with van der Waals surface area (Å²) in [5.74, 6) is -0.0367. The Morgan fingerprint density at radius 1 is 1.29 bits per heavy atom. The maximum Gasteiger partial charge on any atom is 0.322 e. The van der Waals surface area contributed by atoms with Gasteiger partial charge in [0.1, 0.15) is 11.3 Å². The Hall–Kier alpha value is -2.28. The lowest BCUT2D eigenvalue weighted by atomic mass is 9.87.